The van der Waals surface area contributed by atoms with E-state index in [1.54, 1.807) is 0 Å². The zero-order valence-corrected chi connectivity index (χ0v) is 16.5. The first kappa shape index (κ1) is 19.9. The Labute approximate surface area is 158 Å². The van der Waals surface area contributed by atoms with E-state index in [1.807, 2.05) is 0 Å². The maximum absolute atomic E-state index is 6.08. The maximum atomic E-state index is 6.08. The van der Waals surface area contributed by atoms with Gasteiger partial charge in [-0.2, -0.15) is 0 Å². The van der Waals surface area contributed by atoms with Crippen LogP contribution in [0.5, 0.6) is 0 Å². The number of ether oxygens (including phenoxy) is 3. The molecule has 0 spiro atoms. The first-order chi connectivity index (χ1) is 12.9. The highest BCUT2D eigenvalue weighted by Crippen LogP contribution is 2.21. The van der Waals surface area contributed by atoms with Crippen molar-refractivity contribution >= 4 is 5.96 Å². The highest BCUT2D eigenvalue weighted by molar-refractivity contribution is 5.80. The number of rotatable bonds is 6. The molecule has 2 unspecified atom stereocenters. The Bertz CT molecular complexity index is 419. The SMILES string of the molecule is CCNC(=NCCOC1CCCCCC1)N1CCOC(C2CCCO2)C1. The summed E-state index contributed by atoms with van der Waals surface area (Å²) in [7, 11) is 0. The van der Waals surface area contributed by atoms with Crippen LogP contribution in [0, 0.1) is 0 Å². The molecule has 3 fully saturated rings. The molecule has 1 N–H and O–H groups in total. The topological polar surface area (TPSA) is 55.3 Å². The molecule has 3 rings (SSSR count). The smallest absolute Gasteiger partial charge is 0.194 e. The molecule has 0 aromatic heterocycles. The largest absolute Gasteiger partial charge is 0.376 e. The van der Waals surface area contributed by atoms with Gasteiger partial charge in [-0.3, -0.25) is 4.99 Å². The van der Waals surface area contributed by atoms with Crippen molar-refractivity contribution in [1.29, 1.82) is 0 Å². The van der Waals surface area contributed by atoms with Crippen molar-refractivity contribution in [3.8, 4) is 0 Å². The first-order valence-electron chi connectivity index (χ1n) is 10.7. The van der Waals surface area contributed by atoms with Gasteiger partial charge in [-0.15, -0.1) is 0 Å². The van der Waals surface area contributed by atoms with Crippen LogP contribution >= 0.6 is 0 Å². The fraction of sp³-hybridized carbons (Fsp3) is 0.950. The third kappa shape index (κ3) is 6.10. The molecule has 2 aliphatic heterocycles. The molecule has 2 saturated heterocycles. The van der Waals surface area contributed by atoms with E-state index < -0.39 is 0 Å². The van der Waals surface area contributed by atoms with Crippen LogP contribution in [0.2, 0.25) is 0 Å². The third-order valence-electron chi connectivity index (χ3n) is 5.62. The van der Waals surface area contributed by atoms with Gasteiger partial charge in [0.1, 0.15) is 6.10 Å². The zero-order valence-electron chi connectivity index (χ0n) is 16.5. The minimum absolute atomic E-state index is 0.164. The molecule has 0 aromatic carbocycles. The average Bonchev–Trinajstić information content (AvgIpc) is 3.09. The van der Waals surface area contributed by atoms with E-state index >= 15 is 0 Å². The van der Waals surface area contributed by atoms with Gasteiger partial charge in [-0.05, 0) is 32.6 Å². The van der Waals surface area contributed by atoms with Gasteiger partial charge in [-0.25, -0.2) is 0 Å². The highest BCUT2D eigenvalue weighted by atomic mass is 16.5. The van der Waals surface area contributed by atoms with E-state index in [0.29, 0.717) is 6.10 Å². The Balaban J connectivity index is 1.46. The van der Waals surface area contributed by atoms with Gasteiger partial charge in [0.05, 0.1) is 32.0 Å². The Kier molecular flexibility index (Phi) is 8.49. The van der Waals surface area contributed by atoms with Crippen LogP contribution in [-0.4, -0.2) is 75.2 Å². The molecule has 1 saturated carbocycles. The molecule has 2 heterocycles. The van der Waals surface area contributed by atoms with Crippen molar-refractivity contribution in [2.45, 2.75) is 76.6 Å². The van der Waals surface area contributed by atoms with Crippen LogP contribution in [0.1, 0.15) is 58.3 Å². The predicted molar refractivity (Wildman–Crippen MR) is 104 cm³/mol. The van der Waals surface area contributed by atoms with Gasteiger partial charge < -0.3 is 24.4 Å². The Morgan fingerprint density at radius 1 is 1.04 bits per heavy atom. The fourth-order valence-electron chi connectivity index (χ4n) is 4.19. The number of hydrogen-bond acceptors (Lipinski definition) is 4. The Morgan fingerprint density at radius 3 is 2.58 bits per heavy atom. The molecule has 2 atom stereocenters. The standard InChI is InChI=1S/C20H37N3O3/c1-2-21-20(22-11-14-24-17-8-5-3-4-6-9-17)23-12-15-26-19(16-23)18-10-7-13-25-18/h17-19H,2-16H2,1H3,(H,21,22). The molecule has 150 valence electrons. The summed E-state index contributed by atoms with van der Waals surface area (Å²) in [5, 5.41) is 3.44. The summed E-state index contributed by atoms with van der Waals surface area (Å²) in [6.07, 6.45) is 10.9. The molecule has 6 heteroatoms. The number of morpholine rings is 1. The van der Waals surface area contributed by atoms with Crippen LogP contribution in [0.15, 0.2) is 4.99 Å². The molecule has 0 aromatic rings. The van der Waals surface area contributed by atoms with Crippen molar-refractivity contribution < 1.29 is 14.2 Å². The Hall–Kier alpha value is -0.850. The van der Waals surface area contributed by atoms with E-state index in [-0.39, 0.29) is 12.2 Å². The number of nitrogens with one attached hydrogen (secondary N) is 1. The summed E-state index contributed by atoms with van der Waals surface area (Å²) < 4.78 is 17.9. The number of nitrogens with zero attached hydrogens (tertiary/aromatic N) is 2. The second-order valence-electron chi connectivity index (χ2n) is 7.63. The molecule has 1 aliphatic carbocycles. The van der Waals surface area contributed by atoms with Crippen LogP contribution < -0.4 is 5.32 Å². The molecule has 0 bridgehead atoms. The monoisotopic (exact) mass is 367 g/mol. The second kappa shape index (κ2) is 11.1. The summed E-state index contributed by atoms with van der Waals surface area (Å²) in [4.78, 5) is 7.14. The van der Waals surface area contributed by atoms with Gasteiger partial charge in [-0.1, -0.05) is 25.7 Å². The quantitative estimate of drug-likeness (QED) is 0.338. The van der Waals surface area contributed by atoms with Crippen molar-refractivity contribution in [3.05, 3.63) is 0 Å². The molecule has 3 aliphatic rings. The van der Waals surface area contributed by atoms with E-state index in [0.717, 1.165) is 64.8 Å². The normalized spacial score (nSPS) is 29.0. The van der Waals surface area contributed by atoms with Gasteiger partial charge in [0, 0.05) is 26.2 Å². The minimum atomic E-state index is 0.164. The molecule has 0 radical (unpaired) electrons. The molecular weight excluding hydrogens is 330 g/mol. The van der Waals surface area contributed by atoms with Gasteiger partial charge in [0.15, 0.2) is 5.96 Å². The molecular formula is C20H37N3O3. The van der Waals surface area contributed by atoms with Crippen molar-refractivity contribution in [3.63, 3.8) is 0 Å². The summed E-state index contributed by atoms with van der Waals surface area (Å²) in [6, 6.07) is 0. The summed E-state index contributed by atoms with van der Waals surface area (Å²) in [6.45, 7) is 7.81. The predicted octanol–water partition coefficient (Wildman–Crippen LogP) is 2.57. The number of guanidine groups is 1. The molecule has 26 heavy (non-hydrogen) atoms. The molecule has 6 nitrogen and oxygen atoms in total. The lowest BCUT2D eigenvalue weighted by atomic mass is 10.1. The van der Waals surface area contributed by atoms with Gasteiger partial charge in [0.2, 0.25) is 0 Å². The van der Waals surface area contributed by atoms with Crippen molar-refractivity contribution in [2.75, 3.05) is 46.0 Å². The zero-order chi connectivity index (χ0) is 18.0. The van der Waals surface area contributed by atoms with Crippen LogP contribution in [0.25, 0.3) is 0 Å². The van der Waals surface area contributed by atoms with Gasteiger partial charge in [0.25, 0.3) is 0 Å². The fourth-order valence-corrected chi connectivity index (χ4v) is 4.19. The van der Waals surface area contributed by atoms with E-state index in [9.17, 15) is 0 Å². The van der Waals surface area contributed by atoms with Crippen LogP contribution in [-0.2, 0) is 14.2 Å². The van der Waals surface area contributed by atoms with E-state index in [4.69, 9.17) is 19.2 Å². The Morgan fingerprint density at radius 2 is 1.85 bits per heavy atom. The lowest BCUT2D eigenvalue weighted by Crippen LogP contribution is -2.53. The van der Waals surface area contributed by atoms with Crippen molar-refractivity contribution in [2.24, 2.45) is 4.99 Å². The highest BCUT2D eigenvalue weighted by Gasteiger charge is 2.32. The van der Waals surface area contributed by atoms with E-state index in [1.165, 1.54) is 38.5 Å². The van der Waals surface area contributed by atoms with Crippen LogP contribution in [0.4, 0.5) is 0 Å². The number of hydrogen-bond donors (Lipinski definition) is 1. The van der Waals surface area contributed by atoms with Gasteiger partial charge >= 0.3 is 0 Å². The molecule has 0 amide bonds. The summed E-state index contributed by atoms with van der Waals surface area (Å²) in [5.41, 5.74) is 0. The van der Waals surface area contributed by atoms with Crippen molar-refractivity contribution in [1.82, 2.24) is 10.2 Å². The summed E-state index contributed by atoms with van der Waals surface area (Å²) in [5.74, 6) is 0.989. The number of aliphatic imine (C=N–C) groups is 1. The minimum Gasteiger partial charge on any atom is -0.376 e. The lowest BCUT2D eigenvalue weighted by Gasteiger charge is -2.37. The second-order valence-corrected chi connectivity index (χ2v) is 7.63. The average molecular weight is 368 g/mol. The maximum Gasteiger partial charge on any atom is 0.194 e. The van der Waals surface area contributed by atoms with Crippen LogP contribution in [0.3, 0.4) is 0 Å². The summed E-state index contributed by atoms with van der Waals surface area (Å²) >= 11 is 0. The third-order valence-corrected chi connectivity index (χ3v) is 5.62. The lowest BCUT2D eigenvalue weighted by molar-refractivity contribution is -0.0817. The van der Waals surface area contributed by atoms with E-state index in [2.05, 4.69) is 17.1 Å². The first-order valence-corrected chi connectivity index (χ1v) is 10.7.